The molecular weight excluding hydrogens is 189 g/mol. The smallest absolute Gasteiger partial charge is 0.122 e. The van der Waals surface area contributed by atoms with Gasteiger partial charge < -0.3 is 0 Å². The Kier molecular flexibility index (Phi) is 2.42. The van der Waals surface area contributed by atoms with Gasteiger partial charge in [0.25, 0.3) is 0 Å². The van der Waals surface area contributed by atoms with Crippen LogP contribution in [0.3, 0.4) is 0 Å². The highest BCUT2D eigenvalue weighted by Crippen LogP contribution is 2.50. The topological polar surface area (TPSA) is 3.24 Å². The van der Waals surface area contributed by atoms with Gasteiger partial charge in [0, 0.05) is 18.5 Å². The summed E-state index contributed by atoms with van der Waals surface area (Å²) in [6.07, 6.45) is 4.34. The Labute approximate surface area is 93.0 Å². The fourth-order valence-electron chi connectivity index (χ4n) is 3.83. The van der Waals surface area contributed by atoms with Gasteiger partial charge in [0.15, 0.2) is 0 Å². The minimum atomic E-state index is -0.953. The van der Waals surface area contributed by atoms with Crippen molar-refractivity contribution in [3.8, 4) is 0 Å². The van der Waals surface area contributed by atoms with Crippen LogP contribution in [0.1, 0.15) is 53.4 Å². The van der Waals surface area contributed by atoms with Crippen LogP contribution in [0.25, 0.3) is 0 Å². The van der Waals surface area contributed by atoms with Gasteiger partial charge in [0.2, 0.25) is 0 Å². The van der Waals surface area contributed by atoms with Crippen molar-refractivity contribution in [2.75, 3.05) is 13.1 Å². The molecule has 0 aromatic carbocycles. The largest absolute Gasteiger partial charge is 0.294 e. The first-order chi connectivity index (χ1) is 6.73. The molecule has 2 saturated heterocycles. The average molecular weight is 213 g/mol. The van der Waals surface area contributed by atoms with Crippen molar-refractivity contribution < 1.29 is 4.39 Å². The minimum absolute atomic E-state index is 0.182. The van der Waals surface area contributed by atoms with Crippen molar-refractivity contribution in [2.24, 2.45) is 5.41 Å². The predicted molar refractivity (Wildman–Crippen MR) is 61.7 cm³/mol. The third kappa shape index (κ3) is 2.20. The van der Waals surface area contributed by atoms with Gasteiger partial charge in [0.05, 0.1) is 0 Å². The number of halogens is 1. The van der Waals surface area contributed by atoms with Gasteiger partial charge in [-0.2, -0.15) is 0 Å². The van der Waals surface area contributed by atoms with Gasteiger partial charge in [-0.1, -0.05) is 20.8 Å². The van der Waals surface area contributed by atoms with Crippen LogP contribution >= 0.6 is 0 Å². The maximum Gasteiger partial charge on any atom is 0.122 e. The molecule has 1 nitrogen and oxygen atoms in total. The lowest BCUT2D eigenvalue weighted by Crippen LogP contribution is -2.41. The van der Waals surface area contributed by atoms with Crippen LogP contribution < -0.4 is 0 Å². The second-order valence-corrected chi connectivity index (χ2v) is 7.08. The van der Waals surface area contributed by atoms with Gasteiger partial charge in [-0.15, -0.1) is 0 Å². The van der Waals surface area contributed by atoms with Gasteiger partial charge >= 0.3 is 0 Å². The molecule has 0 aliphatic carbocycles. The number of fused-ring (bicyclic) bond motifs is 1. The highest BCUT2D eigenvalue weighted by Gasteiger charge is 2.54. The summed E-state index contributed by atoms with van der Waals surface area (Å²) in [5.74, 6) is 0. The van der Waals surface area contributed by atoms with Crippen molar-refractivity contribution >= 4 is 0 Å². The summed E-state index contributed by atoms with van der Waals surface area (Å²) in [6, 6.07) is 0. The quantitative estimate of drug-likeness (QED) is 0.645. The van der Waals surface area contributed by atoms with Crippen molar-refractivity contribution in [2.45, 2.75) is 64.6 Å². The van der Waals surface area contributed by atoms with Gasteiger partial charge in [-0.3, -0.25) is 4.90 Å². The molecule has 2 aliphatic rings. The van der Waals surface area contributed by atoms with Crippen LogP contribution in [0.4, 0.5) is 4.39 Å². The van der Waals surface area contributed by atoms with Crippen molar-refractivity contribution in [1.29, 1.82) is 0 Å². The van der Waals surface area contributed by atoms with E-state index in [4.69, 9.17) is 0 Å². The summed E-state index contributed by atoms with van der Waals surface area (Å²) in [5, 5.41) is 0. The number of rotatable bonds is 1. The Bertz CT molecular complexity index is 254. The highest BCUT2D eigenvalue weighted by molar-refractivity contribution is 5.09. The summed E-state index contributed by atoms with van der Waals surface area (Å²) >= 11 is 0. The van der Waals surface area contributed by atoms with E-state index in [1.807, 2.05) is 0 Å². The summed E-state index contributed by atoms with van der Waals surface area (Å²) < 4.78 is 14.1. The van der Waals surface area contributed by atoms with Crippen LogP contribution in [-0.2, 0) is 0 Å². The molecule has 0 saturated carbocycles. The molecule has 2 fully saturated rings. The molecule has 0 bridgehead atoms. The predicted octanol–water partition coefficient (Wildman–Crippen LogP) is 3.39. The van der Waals surface area contributed by atoms with Crippen LogP contribution in [-0.4, -0.2) is 29.2 Å². The normalized spacial score (nSPS) is 42.2. The van der Waals surface area contributed by atoms with Crippen LogP contribution in [0.5, 0.6) is 0 Å². The molecule has 0 amide bonds. The Morgan fingerprint density at radius 1 is 1.33 bits per heavy atom. The third-order valence-corrected chi connectivity index (χ3v) is 3.82. The monoisotopic (exact) mass is 213 g/mol. The van der Waals surface area contributed by atoms with E-state index in [0.717, 1.165) is 19.4 Å². The highest BCUT2D eigenvalue weighted by atomic mass is 19.1. The minimum Gasteiger partial charge on any atom is -0.294 e. The Hall–Kier alpha value is -0.110. The molecule has 2 aliphatic heterocycles. The number of hydrogen-bond donors (Lipinski definition) is 0. The number of hydrogen-bond acceptors (Lipinski definition) is 1. The first-order valence-corrected chi connectivity index (χ1v) is 6.17. The second-order valence-electron chi connectivity index (χ2n) is 7.08. The first-order valence-electron chi connectivity index (χ1n) is 6.17. The van der Waals surface area contributed by atoms with Crippen molar-refractivity contribution in [3.05, 3.63) is 0 Å². The molecular formula is C13H24FN. The summed E-state index contributed by atoms with van der Waals surface area (Å²) in [5.41, 5.74) is -0.462. The molecule has 0 radical (unpaired) electrons. The Morgan fingerprint density at radius 3 is 2.60 bits per heavy atom. The van der Waals surface area contributed by atoms with Crippen molar-refractivity contribution in [1.82, 2.24) is 4.90 Å². The molecule has 0 spiro atoms. The first kappa shape index (κ1) is 11.4. The van der Waals surface area contributed by atoms with E-state index in [-0.39, 0.29) is 5.54 Å². The van der Waals surface area contributed by atoms with Crippen LogP contribution in [0, 0.1) is 5.41 Å². The van der Waals surface area contributed by atoms with E-state index in [2.05, 4.69) is 25.7 Å². The molecule has 2 heterocycles. The lowest BCUT2D eigenvalue weighted by atomic mass is 9.76. The maximum absolute atomic E-state index is 14.1. The third-order valence-electron chi connectivity index (χ3n) is 3.82. The maximum atomic E-state index is 14.1. The fraction of sp³-hybridized carbons (Fsp3) is 1.00. The van der Waals surface area contributed by atoms with Crippen molar-refractivity contribution in [3.63, 3.8) is 0 Å². The van der Waals surface area contributed by atoms with E-state index in [0.29, 0.717) is 12.0 Å². The molecule has 2 heteroatoms. The van der Waals surface area contributed by atoms with Crippen LogP contribution in [0.15, 0.2) is 0 Å². The average Bonchev–Trinajstić information content (AvgIpc) is 2.34. The zero-order valence-corrected chi connectivity index (χ0v) is 10.6. The van der Waals surface area contributed by atoms with E-state index in [1.54, 1.807) is 6.92 Å². The fourth-order valence-corrected chi connectivity index (χ4v) is 3.83. The molecule has 0 aromatic rings. The second kappa shape index (κ2) is 3.19. The van der Waals surface area contributed by atoms with E-state index in [1.165, 1.54) is 12.8 Å². The number of alkyl halides is 1. The number of nitrogens with zero attached hydrogens (tertiary/aromatic N) is 1. The lowest BCUT2D eigenvalue weighted by Gasteiger charge is -2.37. The SMILES string of the molecule is CC(C)(C)CC12CCCN1CC(C)(F)C2. The zero-order chi connectivity index (χ0) is 11.3. The van der Waals surface area contributed by atoms with Gasteiger partial charge in [0.1, 0.15) is 5.67 Å². The summed E-state index contributed by atoms with van der Waals surface area (Å²) in [7, 11) is 0. The molecule has 88 valence electrons. The molecule has 15 heavy (non-hydrogen) atoms. The van der Waals surface area contributed by atoms with Gasteiger partial charge in [-0.05, 0) is 38.1 Å². The zero-order valence-electron chi connectivity index (χ0n) is 10.6. The van der Waals surface area contributed by atoms with E-state index in [9.17, 15) is 4.39 Å². The molecule has 0 aromatic heterocycles. The van der Waals surface area contributed by atoms with E-state index < -0.39 is 5.67 Å². The lowest BCUT2D eigenvalue weighted by molar-refractivity contribution is 0.129. The summed E-state index contributed by atoms with van der Waals surface area (Å²) in [6.45, 7) is 10.3. The molecule has 0 N–H and O–H groups in total. The Balaban J connectivity index is 2.18. The molecule has 2 unspecified atom stereocenters. The van der Waals surface area contributed by atoms with Crippen LogP contribution in [0.2, 0.25) is 0 Å². The Morgan fingerprint density at radius 2 is 2.00 bits per heavy atom. The molecule has 2 rings (SSSR count). The summed E-state index contributed by atoms with van der Waals surface area (Å²) in [4.78, 5) is 2.41. The van der Waals surface area contributed by atoms with E-state index >= 15 is 0 Å². The van der Waals surface area contributed by atoms with Gasteiger partial charge in [-0.25, -0.2) is 4.39 Å². The molecule has 2 atom stereocenters. The standard InChI is InChI=1S/C13H24FN/c1-11(2,3)8-13-6-5-7-15(13)10-12(4,14)9-13/h5-10H2,1-4H3.